The second-order valence-corrected chi connectivity index (χ2v) is 12.2. The largest absolute Gasteiger partial charge is 0.455 e. The summed E-state index contributed by atoms with van der Waals surface area (Å²) in [5.74, 6) is -0.782. The normalized spacial score (nSPS) is 20.4. The minimum absolute atomic E-state index is 0.0778. The fourth-order valence-electron chi connectivity index (χ4n) is 4.64. The number of ether oxygens (including phenoxy) is 3. The van der Waals surface area contributed by atoms with Gasteiger partial charge in [0.15, 0.2) is 0 Å². The van der Waals surface area contributed by atoms with Crippen LogP contribution in [-0.4, -0.2) is 94.7 Å². The molecule has 0 aromatic rings. The van der Waals surface area contributed by atoms with Crippen molar-refractivity contribution in [3.63, 3.8) is 0 Å². The zero-order valence-electron chi connectivity index (χ0n) is 26.0. The molecular formula is C30H46N4O8. The second-order valence-electron chi connectivity index (χ2n) is 12.2. The number of carbonyl (C=O) groups is 5. The van der Waals surface area contributed by atoms with Crippen LogP contribution in [0.4, 0.5) is 9.59 Å². The number of rotatable bonds is 7. The van der Waals surface area contributed by atoms with Gasteiger partial charge in [-0.3, -0.25) is 9.59 Å². The summed E-state index contributed by atoms with van der Waals surface area (Å²) in [6.45, 7) is 18.2. The number of nitrogens with zero attached hydrogens (tertiary/aromatic N) is 3. The van der Waals surface area contributed by atoms with E-state index in [9.17, 15) is 24.0 Å². The Morgan fingerprint density at radius 1 is 1.00 bits per heavy atom. The molecule has 0 spiro atoms. The lowest BCUT2D eigenvalue weighted by atomic mass is 10.0. The molecule has 3 rings (SSSR count). The fraction of sp³-hybridized carbons (Fsp3) is 0.633. The molecule has 0 aromatic heterocycles. The van der Waals surface area contributed by atoms with Crippen LogP contribution in [0.15, 0.2) is 35.6 Å². The molecule has 1 atom stereocenters. The van der Waals surface area contributed by atoms with Crippen molar-refractivity contribution in [2.75, 3.05) is 32.8 Å². The predicted molar refractivity (Wildman–Crippen MR) is 156 cm³/mol. The molecule has 2 N–H and O–H groups in total. The number of β-lactam (4-membered cyclic amide) rings is 1. The van der Waals surface area contributed by atoms with Crippen molar-refractivity contribution < 1.29 is 38.2 Å². The number of esters is 1. The highest BCUT2D eigenvalue weighted by Crippen LogP contribution is 2.30. The van der Waals surface area contributed by atoms with Crippen LogP contribution < -0.4 is 5.73 Å². The molecule has 3 saturated heterocycles. The van der Waals surface area contributed by atoms with Gasteiger partial charge in [-0.05, 0) is 72.5 Å². The molecule has 0 radical (unpaired) electrons. The standard InChI is InChI=1S/C25H35N3O6.C5H11NO2/c1-6-14-33-24(32)26-11-9-19(16-26)27-12-8-18(22(27)30)15-17(7-2)21(28-13-10-20(28)29)23(31)34-25(3,4)5;1-5(2,3)8-4(6)7/h6,15,19H,1,7-14,16H2,2-5H3;1-3H3,(H2,6,7)/b18-15-,21-17+;. The van der Waals surface area contributed by atoms with Crippen LogP contribution in [-0.2, 0) is 28.6 Å². The summed E-state index contributed by atoms with van der Waals surface area (Å²) in [4.78, 5) is 65.4. The Labute approximate surface area is 248 Å². The number of hydrogen-bond acceptors (Lipinski definition) is 8. The summed E-state index contributed by atoms with van der Waals surface area (Å²) in [7, 11) is 0. The van der Waals surface area contributed by atoms with E-state index in [1.807, 2.05) is 6.92 Å². The molecule has 0 aliphatic carbocycles. The first-order valence-corrected chi connectivity index (χ1v) is 14.3. The van der Waals surface area contributed by atoms with Crippen LogP contribution in [0.3, 0.4) is 0 Å². The average Bonchev–Trinajstić information content (AvgIpc) is 3.48. The van der Waals surface area contributed by atoms with Gasteiger partial charge < -0.3 is 34.6 Å². The van der Waals surface area contributed by atoms with Crippen LogP contribution in [0.25, 0.3) is 0 Å². The number of likely N-dealkylation sites (tertiary alicyclic amines) is 3. The van der Waals surface area contributed by atoms with E-state index in [-0.39, 0.29) is 30.2 Å². The molecule has 3 heterocycles. The van der Waals surface area contributed by atoms with Crippen molar-refractivity contribution in [3.05, 3.63) is 35.6 Å². The van der Waals surface area contributed by atoms with Gasteiger partial charge in [-0.15, -0.1) is 0 Å². The van der Waals surface area contributed by atoms with Crippen molar-refractivity contribution in [1.29, 1.82) is 0 Å². The predicted octanol–water partition coefficient (Wildman–Crippen LogP) is 3.66. The average molecular weight is 591 g/mol. The fourth-order valence-corrected chi connectivity index (χ4v) is 4.64. The highest BCUT2D eigenvalue weighted by Gasteiger charge is 2.39. The Morgan fingerprint density at radius 2 is 1.64 bits per heavy atom. The zero-order valence-corrected chi connectivity index (χ0v) is 26.0. The van der Waals surface area contributed by atoms with Gasteiger partial charge in [0, 0.05) is 38.2 Å². The molecule has 1 unspecified atom stereocenters. The molecule has 0 aromatic carbocycles. The van der Waals surface area contributed by atoms with Gasteiger partial charge in [0.2, 0.25) is 11.8 Å². The molecule has 3 fully saturated rings. The smallest absolute Gasteiger partial charge is 0.410 e. The highest BCUT2D eigenvalue weighted by atomic mass is 16.6. The Kier molecular flexibility index (Phi) is 11.8. The van der Waals surface area contributed by atoms with Gasteiger partial charge in [0.25, 0.3) is 0 Å². The molecule has 234 valence electrons. The lowest BCUT2D eigenvalue weighted by molar-refractivity contribution is -0.156. The first kappa shape index (κ1) is 34.4. The van der Waals surface area contributed by atoms with Gasteiger partial charge >= 0.3 is 18.2 Å². The molecular weight excluding hydrogens is 544 g/mol. The second kappa shape index (κ2) is 14.4. The van der Waals surface area contributed by atoms with E-state index in [1.54, 1.807) is 57.4 Å². The summed E-state index contributed by atoms with van der Waals surface area (Å²) < 4.78 is 15.3. The Hall–Kier alpha value is -3.83. The lowest BCUT2D eigenvalue weighted by Crippen LogP contribution is -2.46. The van der Waals surface area contributed by atoms with Gasteiger partial charge in [-0.1, -0.05) is 19.6 Å². The number of hydrogen-bond donors (Lipinski definition) is 1. The SMILES string of the molecule is C=CCOC(=O)N1CCC(N2CC/C(=C/C(CC)=C(\C(=O)OC(C)(C)C)N3CCC3=O)C2=O)C1.CC(C)(C)OC(N)=O. The van der Waals surface area contributed by atoms with E-state index < -0.39 is 29.4 Å². The van der Waals surface area contributed by atoms with Crippen molar-refractivity contribution in [1.82, 2.24) is 14.7 Å². The van der Waals surface area contributed by atoms with Crippen molar-refractivity contribution >= 4 is 30.0 Å². The third-order valence-corrected chi connectivity index (χ3v) is 6.50. The van der Waals surface area contributed by atoms with Gasteiger partial charge in [0.05, 0.1) is 6.04 Å². The van der Waals surface area contributed by atoms with E-state index in [2.05, 4.69) is 11.3 Å². The van der Waals surface area contributed by atoms with Gasteiger partial charge in [-0.25, -0.2) is 14.4 Å². The minimum atomic E-state index is -0.725. The Bertz CT molecular complexity index is 1130. The van der Waals surface area contributed by atoms with E-state index in [0.717, 1.165) is 0 Å². The maximum atomic E-state index is 13.2. The maximum Gasteiger partial charge on any atom is 0.410 e. The minimum Gasteiger partial charge on any atom is -0.455 e. The first-order chi connectivity index (χ1) is 19.5. The van der Waals surface area contributed by atoms with Gasteiger partial charge in [-0.2, -0.15) is 0 Å². The summed E-state index contributed by atoms with van der Waals surface area (Å²) in [5.41, 5.74) is 5.00. The number of primary amides is 1. The molecule has 4 amide bonds. The van der Waals surface area contributed by atoms with E-state index in [1.165, 1.54) is 11.0 Å². The molecule has 3 aliphatic heterocycles. The molecule has 3 aliphatic rings. The lowest BCUT2D eigenvalue weighted by Gasteiger charge is -2.34. The summed E-state index contributed by atoms with van der Waals surface area (Å²) >= 11 is 0. The number of carbonyl (C=O) groups excluding carboxylic acids is 5. The molecule has 0 bridgehead atoms. The molecule has 12 heteroatoms. The Morgan fingerprint density at radius 3 is 2.10 bits per heavy atom. The quantitative estimate of drug-likeness (QED) is 0.155. The number of nitrogens with two attached hydrogens (primary N) is 1. The summed E-state index contributed by atoms with van der Waals surface area (Å²) in [5, 5.41) is 0. The topological polar surface area (TPSA) is 149 Å². The van der Waals surface area contributed by atoms with Crippen LogP contribution in [0.5, 0.6) is 0 Å². The van der Waals surface area contributed by atoms with E-state index >= 15 is 0 Å². The van der Waals surface area contributed by atoms with Gasteiger partial charge in [0.1, 0.15) is 23.5 Å². The van der Waals surface area contributed by atoms with Crippen LogP contribution in [0.1, 0.15) is 74.1 Å². The van der Waals surface area contributed by atoms with E-state index in [0.29, 0.717) is 63.0 Å². The third-order valence-electron chi connectivity index (χ3n) is 6.50. The summed E-state index contributed by atoms with van der Waals surface area (Å²) in [6.07, 6.45) is 4.23. The zero-order chi connectivity index (χ0) is 31.8. The van der Waals surface area contributed by atoms with Crippen LogP contribution >= 0.6 is 0 Å². The number of allylic oxidation sites excluding steroid dienone is 2. The van der Waals surface area contributed by atoms with Crippen molar-refractivity contribution in [3.8, 4) is 0 Å². The maximum absolute atomic E-state index is 13.2. The summed E-state index contributed by atoms with van der Waals surface area (Å²) in [6, 6.07) is -0.0778. The number of amides is 4. The molecule has 12 nitrogen and oxygen atoms in total. The molecule has 0 saturated carbocycles. The Balaban J connectivity index is 0.000000675. The van der Waals surface area contributed by atoms with Crippen LogP contribution in [0, 0.1) is 0 Å². The van der Waals surface area contributed by atoms with Crippen molar-refractivity contribution in [2.45, 2.75) is 91.4 Å². The van der Waals surface area contributed by atoms with Crippen molar-refractivity contribution in [2.24, 2.45) is 5.73 Å². The monoisotopic (exact) mass is 590 g/mol. The van der Waals surface area contributed by atoms with Crippen LogP contribution in [0.2, 0.25) is 0 Å². The highest BCUT2D eigenvalue weighted by molar-refractivity contribution is 5.99. The molecule has 42 heavy (non-hydrogen) atoms. The van der Waals surface area contributed by atoms with E-state index in [4.69, 9.17) is 15.2 Å². The first-order valence-electron chi connectivity index (χ1n) is 14.3. The third kappa shape index (κ3) is 9.92.